The second kappa shape index (κ2) is 8.35. The number of benzene rings is 2. The van der Waals surface area contributed by atoms with Gasteiger partial charge in [-0.2, -0.15) is 5.10 Å². The molecule has 0 atom stereocenters. The van der Waals surface area contributed by atoms with Crippen LogP contribution in [0, 0.1) is 6.92 Å². The molecular formula is C23H15Cl2N5OS. The average molecular weight is 480 g/mol. The summed E-state index contributed by atoms with van der Waals surface area (Å²) in [5.74, 6) is -0.332. The lowest BCUT2D eigenvalue weighted by atomic mass is 10.1. The molecule has 1 amide bonds. The number of halogens is 2. The van der Waals surface area contributed by atoms with Gasteiger partial charge in [0.05, 0.1) is 21.3 Å². The molecule has 5 rings (SSSR count). The van der Waals surface area contributed by atoms with E-state index in [4.69, 9.17) is 28.2 Å². The summed E-state index contributed by atoms with van der Waals surface area (Å²) in [4.78, 5) is 23.0. The topological polar surface area (TPSA) is 72.2 Å². The first-order valence-corrected chi connectivity index (χ1v) is 11.2. The van der Waals surface area contributed by atoms with Crippen molar-refractivity contribution >= 4 is 51.2 Å². The Balaban J connectivity index is 1.60. The summed E-state index contributed by atoms with van der Waals surface area (Å²) in [5, 5.41) is 8.84. The maximum Gasteiger partial charge on any atom is 0.263 e. The van der Waals surface area contributed by atoms with Gasteiger partial charge in [-0.25, -0.2) is 14.5 Å². The van der Waals surface area contributed by atoms with Crippen LogP contribution in [0.1, 0.15) is 16.1 Å². The highest BCUT2D eigenvalue weighted by Crippen LogP contribution is 2.43. The smallest absolute Gasteiger partial charge is 0.263 e. The molecule has 0 fully saturated rings. The predicted molar refractivity (Wildman–Crippen MR) is 129 cm³/mol. The van der Waals surface area contributed by atoms with Crippen molar-refractivity contribution in [1.29, 1.82) is 0 Å². The molecule has 0 saturated carbocycles. The molecular weight excluding hydrogens is 465 g/mol. The molecule has 1 N–H and O–H groups in total. The Morgan fingerprint density at radius 3 is 2.41 bits per heavy atom. The Hall–Kier alpha value is -3.26. The van der Waals surface area contributed by atoms with Crippen molar-refractivity contribution in [2.75, 3.05) is 5.32 Å². The van der Waals surface area contributed by atoms with Crippen LogP contribution in [0.2, 0.25) is 10.0 Å². The van der Waals surface area contributed by atoms with Gasteiger partial charge < -0.3 is 0 Å². The van der Waals surface area contributed by atoms with Crippen LogP contribution in [0.25, 0.3) is 27.3 Å². The van der Waals surface area contributed by atoms with E-state index < -0.39 is 0 Å². The van der Waals surface area contributed by atoms with Crippen LogP contribution in [0.3, 0.4) is 0 Å². The number of nitrogens with one attached hydrogen (secondary N) is 1. The fourth-order valence-corrected chi connectivity index (χ4v) is 4.99. The van der Waals surface area contributed by atoms with E-state index in [-0.39, 0.29) is 5.91 Å². The number of hydrogen-bond donors (Lipinski definition) is 1. The van der Waals surface area contributed by atoms with E-state index in [9.17, 15) is 4.79 Å². The SMILES string of the molecule is Cc1nn2cccnc2c1C(=O)Nc1nc(-c2ccccc2Cl)c(-c2ccccc2Cl)s1. The van der Waals surface area contributed by atoms with Crippen LogP contribution in [-0.2, 0) is 0 Å². The van der Waals surface area contributed by atoms with Gasteiger partial charge in [-0.05, 0) is 25.1 Å². The fourth-order valence-electron chi connectivity index (χ4n) is 3.46. The van der Waals surface area contributed by atoms with E-state index in [0.717, 1.165) is 16.0 Å². The zero-order chi connectivity index (χ0) is 22.2. The lowest BCUT2D eigenvalue weighted by Crippen LogP contribution is -2.13. The third-order valence-corrected chi connectivity index (χ3v) is 6.56. The summed E-state index contributed by atoms with van der Waals surface area (Å²) in [6, 6.07) is 16.7. The number of hydrogen-bond acceptors (Lipinski definition) is 5. The molecule has 158 valence electrons. The molecule has 0 spiro atoms. The molecule has 9 heteroatoms. The zero-order valence-corrected chi connectivity index (χ0v) is 19.0. The molecule has 0 radical (unpaired) electrons. The average Bonchev–Trinajstić information content (AvgIpc) is 3.34. The van der Waals surface area contributed by atoms with Gasteiger partial charge in [-0.1, -0.05) is 70.9 Å². The van der Waals surface area contributed by atoms with Crippen molar-refractivity contribution in [2.45, 2.75) is 6.92 Å². The molecule has 3 aromatic heterocycles. The third kappa shape index (κ3) is 3.64. The van der Waals surface area contributed by atoms with Crippen molar-refractivity contribution in [1.82, 2.24) is 19.6 Å². The van der Waals surface area contributed by atoms with Gasteiger partial charge in [0, 0.05) is 28.5 Å². The number of thiazole rings is 1. The minimum atomic E-state index is -0.332. The summed E-state index contributed by atoms with van der Waals surface area (Å²) in [5.41, 5.74) is 3.69. The first-order valence-electron chi connectivity index (χ1n) is 9.65. The lowest BCUT2D eigenvalue weighted by Gasteiger charge is -2.06. The van der Waals surface area contributed by atoms with E-state index in [1.807, 2.05) is 42.5 Å². The minimum Gasteiger partial charge on any atom is -0.298 e. The third-order valence-electron chi connectivity index (χ3n) is 4.89. The van der Waals surface area contributed by atoms with Crippen molar-refractivity contribution in [2.24, 2.45) is 0 Å². The molecule has 0 unspecified atom stereocenters. The van der Waals surface area contributed by atoms with Crippen molar-refractivity contribution < 1.29 is 4.79 Å². The number of aryl methyl sites for hydroxylation is 1. The standard InChI is InChI=1S/C23H15Cl2N5OS/c1-13-18(21-26-11-6-12-30(21)29-13)22(31)28-23-27-19(14-7-2-4-9-16(14)24)20(32-23)15-8-3-5-10-17(15)25/h2-12H,1H3,(H,27,28,31). The zero-order valence-electron chi connectivity index (χ0n) is 16.7. The van der Waals surface area contributed by atoms with Crippen LogP contribution in [-0.4, -0.2) is 25.5 Å². The second-order valence-electron chi connectivity index (χ2n) is 6.96. The summed E-state index contributed by atoms with van der Waals surface area (Å²) >= 11 is 14.3. The number of fused-ring (bicyclic) bond motifs is 1. The molecule has 0 aliphatic carbocycles. The first-order chi connectivity index (χ1) is 15.5. The van der Waals surface area contributed by atoms with Crippen LogP contribution >= 0.6 is 34.5 Å². The number of nitrogens with zero attached hydrogens (tertiary/aromatic N) is 4. The maximum absolute atomic E-state index is 13.1. The Kier molecular flexibility index (Phi) is 5.38. The molecule has 0 aliphatic rings. The van der Waals surface area contributed by atoms with Gasteiger partial charge in [0.15, 0.2) is 10.8 Å². The fraction of sp³-hybridized carbons (Fsp3) is 0.0435. The molecule has 2 aromatic carbocycles. The molecule has 6 nitrogen and oxygen atoms in total. The Labute approximate surface area is 197 Å². The van der Waals surface area contributed by atoms with E-state index in [1.54, 1.807) is 36.0 Å². The molecule has 3 heterocycles. The highest BCUT2D eigenvalue weighted by atomic mass is 35.5. The molecule has 5 aromatic rings. The summed E-state index contributed by atoms with van der Waals surface area (Å²) in [7, 11) is 0. The summed E-state index contributed by atoms with van der Waals surface area (Å²) in [6.07, 6.45) is 3.38. The van der Waals surface area contributed by atoms with Gasteiger partial charge in [0.25, 0.3) is 5.91 Å². The maximum atomic E-state index is 13.1. The summed E-state index contributed by atoms with van der Waals surface area (Å²) in [6.45, 7) is 1.77. The lowest BCUT2D eigenvalue weighted by molar-refractivity contribution is 0.102. The highest BCUT2D eigenvalue weighted by Gasteiger charge is 2.23. The van der Waals surface area contributed by atoms with Crippen LogP contribution in [0.5, 0.6) is 0 Å². The number of amides is 1. The predicted octanol–water partition coefficient (Wildman–Crippen LogP) is 6.39. The monoisotopic (exact) mass is 479 g/mol. The number of rotatable bonds is 4. The van der Waals surface area contributed by atoms with Crippen molar-refractivity contribution in [3.8, 4) is 21.7 Å². The van der Waals surface area contributed by atoms with Gasteiger partial charge in [0.1, 0.15) is 5.56 Å². The quantitative estimate of drug-likeness (QED) is 0.324. The van der Waals surface area contributed by atoms with E-state index in [1.165, 1.54) is 11.3 Å². The first kappa shape index (κ1) is 20.6. The number of carbonyl (C=O) groups is 1. The Morgan fingerprint density at radius 2 is 1.69 bits per heavy atom. The highest BCUT2D eigenvalue weighted by molar-refractivity contribution is 7.19. The number of anilines is 1. The molecule has 0 bridgehead atoms. The molecule has 32 heavy (non-hydrogen) atoms. The van der Waals surface area contributed by atoms with Gasteiger partial charge in [-0.15, -0.1) is 0 Å². The van der Waals surface area contributed by atoms with E-state index in [0.29, 0.717) is 37.8 Å². The minimum absolute atomic E-state index is 0.332. The van der Waals surface area contributed by atoms with Gasteiger partial charge in [0.2, 0.25) is 0 Å². The van der Waals surface area contributed by atoms with Crippen LogP contribution in [0.4, 0.5) is 5.13 Å². The molecule has 0 aliphatic heterocycles. The summed E-state index contributed by atoms with van der Waals surface area (Å²) < 4.78 is 1.58. The second-order valence-corrected chi connectivity index (χ2v) is 8.77. The largest absolute Gasteiger partial charge is 0.298 e. The number of aromatic nitrogens is 4. The van der Waals surface area contributed by atoms with Gasteiger partial charge >= 0.3 is 0 Å². The van der Waals surface area contributed by atoms with Crippen LogP contribution < -0.4 is 5.32 Å². The Bertz CT molecular complexity index is 1410. The Morgan fingerprint density at radius 1 is 1.00 bits per heavy atom. The van der Waals surface area contributed by atoms with Crippen molar-refractivity contribution in [3.63, 3.8) is 0 Å². The van der Waals surface area contributed by atoms with E-state index >= 15 is 0 Å². The number of carbonyl (C=O) groups excluding carboxylic acids is 1. The van der Waals surface area contributed by atoms with E-state index in [2.05, 4.69) is 15.4 Å². The van der Waals surface area contributed by atoms with Gasteiger partial charge in [-0.3, -0.25) is 10.1 Å². The van der Waals surface area contributed by atoms with Crippen LogP contribution in [0.15, 0.2) is 67.0 Å². The van der Waals surface area contributed by atoms with Crippen molar-refractivity contribution in [3.05, 3.63) is 88.3 Å². The normalized spacial score (nSPS) is 11.1. The molecule has 0 saturated heterocycles.